The summed E-state index contributed by atoms with van der Waals surface area (Å²) in [6.45, 7) is 4.51. The van der Waals surface area contributed by atoms with Gasteiger partial charge in [0.1, 0.15) is 0 Å². The van der Waals surface area contributed by atoms with Crippen LogP contribution in [0.4, 0.5) is 0 Å². The molecule has 56 valence electrons. The average molecular weight is 136 g/mol. The fourth-order valence-electron chi connectivity index (χ4n) is 1.41. The van der Waals surface area contributed by atoms with Crippen LogP contribution in [0.25, 0.3) is 0 Å². The van der Waals surface area contributed by atoms with Crippen LogP contribution in [0.15, 0.2) is 23.8 Å². The highest BCUT2D eigenvalue weighted by Gasteiger charge is 1.99. The summed E-state index contributed by atoms with van der Waals surface area (Å²) >= 11 is 0. The number of allylic oxidation sites excluding steroid dienone is 4. The number of hydrogen-bond donors (Lipinski definition) is 0. The fraction of sp³-hybridized carbons (Fsp3) is 0.600. The van der Waals surface area contributed by atoms with Crippen molar-refractivity contribution in [1.29, 1.82) is 0 Å². The summed E-state index contributed by atoms with van der Waals surface area (Å²) in [6, 6.07) is 0. The van der Waals surface area contributed by atoms with E-state index in [1.807, 2.05) is 0 Å². The maximum absolute atomic E-state index is 2.36. The second kappa shape index (κ2) is 3.60. The van der Waals surface area contributed by atoms with Crippen LogP contribution < -0.4 is 0 Å². The summed E-state index contributed by atoms with van der Waals surface area (Å²) in [7, 11) is 0. The van der Waals surface area contributed by atoms with Crippen LogP contribution in [-0.4, -0.2) is 0 Å². The lowest BCUT2D eigenvalue weighted by molar-refractivity contribution is 0.701. The summed E-state index contributed by atoms with van der Waals surface area (Å²) in [5.41, 5.74) is 1.55. The zero-order chi connectivity index (χ0) is 7.40. The Balaban J connectivity index is 2.52. The minimum Gasteiger partial charge on any atom is -0.0880 e. The van der Waals surface area contributed by atoms with Crippen LogP contribution in [0.2, 0.25) is 0 Å². The molecule has 0 aliphatic heterocycles. The summed E-state index contributed by atoms with van der Waals surface area (Å²) in [5.74, 6) is 0.747. The molecule has 0 amide bonds. The molecule has 1 unspecified atom stereocenters. The van der Waals surface area contributed by atoms with Crippen molar-refractivity contribution >= 4 is 0 Å². The molecule has 0 nitrogen and oxygen atoms in total. The summed E-state index contributed by atoms with van der Waals surface area (Å²) in [4.78, 5) is 0. The molecule has 0 saturated carbocycles. The van der Waals surface area contributed by atoms with E-state index in [2.05, 4.69) is 32.1 Å². The molecule has 0 aromatic carbocycles. The van der Waals surface area contributed by atoms with Crippen molar-refractivity contribution in [2.24, 2.45) is 5.92 Å². The largest absolute Gasteiger partial charge is 0.0880 e. The highest BCUT2D eigenvalue weighted by molar-refractivity contribution is 5.05. The molecule has 1 aliphatic carbocycles. The van der Waals surface area contributed by atoms with Gasteiger partial charge in [-0.2, -0.15) is 0 Å². The van der Waals surface area contributed by atoms with Gasteiger partial charge >= 0.3 is 0 Å². The maximum atomic E-state index is 2.36. The van der Waals surface area contributed by atoms with Gasteiger partial charge in [0.15, 0.2) is 0 Å². The van der Waals surface area contributed by atoms with Crippen molar-refractivity contribution in [1.82, 2.24) is 0 Å². The van der Waals surface area contributed by atoms with Crippen LogP contribution in [0.5, 0.6) is 0 Å². The first-order valence-electron chi connectivity index (χ1n) is 4.11. The first-order chi connectivity index (χ1) is 4.79. The van der Waals surface area contributed by atoms with Gasteiger partial charge in [0.05, 0.1) is 0 Å². The first-order valence-corrected chi connectivity index (χ1v) is 4.11. The van der Waals surface area contributed by atoms with Crippen molar-refractivity contribution in [2.75, 3.05) is 0 Å². The Kier molecular flexibility index (Phi) is 2.73. The Hall–Kier alpha value is -0.520. The molecule has 1 atom stereocenters. The summed E-state index contributed by atoms with van der Waals surface area (Å²) in [6.07, 6.45) is 10.7. The quantitative estimate of drug-likeness (QED) is 0.448. The maximum Gasteiger partial charge on any atom is -0.0225 e. The van der Waals surface area contributed by atoms with Crippen molar-refractivity contribution < 1.29 is 0 Å². The lowest BCUT2D eigenvalue weighted by Crippen LogP contribution is -1.92. The van der Waals surface area contributed by atoms with E-state index in [1.54, 1.807) is 5.57 Å². The van der Waals surface area contributed by atoms with Crippen LogP contribution >= 0.6 is 0 Å². The van der Waals surface area contributed by atoms with Crippen molar-refractivity contribution in [2.45, 2.75) is 33.1 Å². The predicted octanol–water partition coefficient (Wildman–Crippen LogP) is 3.31. The van der Waals surface area contributed by atoms with E-state index in [1.165, 1.54) is 19.3 Å². The van der Waals surface area contributed by atoms with Gasteiger partial charge in [0.2, 0.25) is 0 Å². The lowest BCUT2D eigenvalue weighted by atomic mass is 9.98. The molecule has 0 heterocycles. The molecule has 0 saturated heterocycles. The predicted molar refractivity (Wildman–Crippen MR) is 45.9 cm³/mol. The van der Waals surface area contributed by atoms with Crippen LogP contribution in [0.3, 0.4) is 0 Å². The first kappa shape index (κ1) is 7.59. The third-order valence-electron chi connectivity index (χ3n) is 1.93. The number of hydrogen-bond acceptors (Lipinski definition) is 0. The second-order valence-corrected chi connectivity index (χ2v) is 3.24. The van der Waals surface area contributed by atoms with Crippen LogP contribution in [-0.2, 0) is 0 Å². The van der Waals surface area contributed by atoms with Gasteiger partial charge < -0.3 is 0 Å². The van der Waals surface area contributed by atoms with Crippen LogP contribution in [0, 0.1) is 5.92 Å². The van der Waals surface area contributed by atoms with Gasteiger partial charge in [0, 0.05) is 0 Å². The average Bonchev–Trinajstić information content (AvgIpc) is 1.83. The van der Waals surface area contributed by atoms with E-state index in [0.717, 1.165) is 5.92 Å². The summed E-state index contributed by atoms with van der Waals surface area (Å²) < 4.78 is 0. The van der Waals surface area contributed by atoms with Crippen LogP contribution in [0.1, 0.15) is 33.1 Å². The Morgan fingerprint density at radius 1 is 1.40 bits per heavy atom. The van der Waals surface area contributed by atoms with E-state index >= 15 is 0 Å². The third kappa shape index (κ3) is 2.38. The highest BCUT2D eigenvalue weighted by Crippen LogP contribution is 2.16. The Morgan fingerprint density at radius 2 is 2.20 bits per heavy atom. The molecule has 10 heavy (non-hydrogen) atoms. The van der Waals surface area contributed by atoms with Gasteiger partial charge in [-0.25, -0.2) is 0 Å². The van der Waals surface area contributed by atoms with E-state index in [-0.39, 0.29) is 0 Å². The molecule has 0 bridgehead atoms. The molecular formula is C10H16. The molecule has 0 aromatic heterocycles. The Morgan fingerprint density at radius 3 is 3.00 bits per heavy atom. The molecule has 0 N–H and O–H groups in total. The molecule has 1 rings (SSSR count). The molecule has 0 fully saturated rings. The van der Waals surface area contributed by atoms with Crippen molar-refractivity contribution in [3.05, 3.63) is 23.8 Å². The Labute approximate surface area is 63.6 Å². The molecule has 0 spiro atoms. The topological polar surface area (TPSA) is 0 Å². The number of rotatable bonds is 0. The van der Waals surface area contributed by atoms with Crippen molar-refractivity contribution in [3.8, 4) is 0 Å². The minimum absolute atomic E-state index is 0.747. The summed E-state index contributed by atoms with van der Waals surface area (Å²) in [5, 5.41) is 0. The fourth-order valence-corrected chi connectivity index (χ4v) is 1.41. The van der Waals surface area contributed by atoms with Crippen molar-refractivity contribution in [3.63, 3.8) is 0 Å². The smallest absolute Gasteiger partial charge is 0.0225 e. The lowest BCUT2D eigenvalue weighted by Gasteiger charge is -2.08. The van der Waals surface area contributed by atoms with E-state index in [0.29, 0.717) is 0 Å². The molecule has 0 radical (unpaired) electrons. The zero-order valence-corrected chi connectivity index (χ0v) is 6.93. The standard InChI is InChI=1S/C10H16/c1-9-6-4-3-5-7-10(2)8-9/h4,6-7,9H,3,5,8H2,1-2H3. The monoisotopic (exact) mass is 136 g/mol. The molecular weight excluding hydrogens is 120 g/mol. The SMILES string of the molecule is CC1=CCCC=CC(C)C1. The highest BCUT2D eigenvalue weighted by atomic mass is 14.1. The molecule has 0 aromatic rings. The minimum atomic E-state index is 0.747. The van der Waals surface area contributed by atoms with E-state index in [9.17, 15) is 0 Å². The van der Waals surface area contributed by atoms with E-state index < -0.39 is 0 Å². The molecule has 1 aliphatic rings. The van der Waals surface area contributed by atoms with E-state index in [4.69, 9.17) is 0 Å². The van der Waals surface area contributed by atoms with Gasteiger partial charge in [-0.15, -0.1) is 0 Å². The van der Waals surface area contributed by atoms with Gasteiger partial charge in [-0.1, -0.05) is 30.7 Å². The third-order valence-corrected chi connectivity index (χ3v) is 1.93. The van der Waals surface area contributed by atoms with Gasteiger partial charge in [-0.3, -0.25) is 0 Å². The molecule has 0 heteroatoms. The second-order valence-electron chi connectivity index (χ2n) is 3.24. The normalized spacial score (nSPS) is 27.0. The van der Waals surface area contributed by atoms with Gasteiger partial charge in [-0.05, 0) is 32.1 Å². The van der Waals surface area contributed by atoms with Gasteiger partial charge in [0.25, 0.3) is 0 Å². The zero-order valence-electron chi connectivity index (χ0n) is 6.93. The Bertz CT molecular complexity index is 151.